The van der Waals surface area contributed by atoms with Gasteiger partial charge in [0.05, 0.1) is 13.2 Å². The first-order valence-electron chi connectivity index (χ1n) is 53.9. The topological polar surface area (TPSA) is 225 Å². The minimum atomic E-state index is -0.0601. The largest absolute Gasteiger partial charge is 0.379 e. The number of unbranched alkanes of at least 4 members (excludes halogenated alkanes) is 5. The van der Waals surface area contributed by atoms with Gasteiger partial charge >= 0.3 is 0 Å². The highest BCUT2D eigenvalue weighted by molar-refractivity contribution is 9.11. The molecular formula is C111H160Br2ClN21O6. The summed E-state index contributed by atoms with van der Waals surface area (Å²) in [6.07, 6.45) is 25.4. The first kappa shape index (κ1) is 106. The van der Waals surface area contributed by atoms with Crippen LogP contribution < -0.4 is 52.3 Å². The van der Waals surface area contributed by atoms with Gasteiger partial charge in [0.2, 0.25) is 0 Å². The Morgan fingerprint density at radius 2 is 0.525 bits per heavy atom. The molecule has 5 N–H and O–H groups in total. The summed E-state index contributed by atoms with van der Waals surface area (Å²) in [6.45, 7) is 53.3. The van der Waals surface area contributed by atoms with Gasteiger partial charge in [-0.15, -0.1) is 0 Å². The number of H-pyrrole nitrogens is 5. The number of piperazine rings is 6. The Bertz CT molecular complexity index is 5500. The fourth-order valence-electron chi connectivity index (χ4n) is 22.3. The van der Waals surface area contributed by atoms with Crippen molar-refractivity contribution in [3.63, 3.8) is 0 Å². The number of benzene rings is 5. The molecule has 27 nitrogen and oxygen atoms in total. The van der Waals surface area contributed by atoms with E-state index in [9.17, 15) is 24.0 Å². The molecular weight excluding hydrogens is 1920 g/mol. The minimum Gasteiger partial charge on any atom is -0.379 e. The molecule has 10 fully saturated rings. The quantitative estimate of drug-likeness (QED) is 0.0264. The van der Waals surface area contributed by atoms with Crippen LogP contribution in [0.1, 0.15) is 133 Å². The molecule has 10 aromatic rings. The maximum atomic E-state index is 12.5. The molecule has 0 unspecified atom stereocenters. The number of piperidine rings is 3. The molecule has 0 aliphatic carbocycles. The Balaban J connectivity index is 0.000000127. The lowest BCUT2D eigenvalue weighted by Crippen LogP contribution is -2.47. The monoisotopic (exact) mass is 2080 g/mol. The smallest absolute Gasteiger partial charge is 0.257 e. The van der Waals surface area contributed by atoms with Crippen LogP contribution in [0.4, 0.5) is 29.1 Å². The zero-order valence-corrected chi connectivity index (χ0v) is 88.8. The number of pyridine rings is 5. The van der Waals surface area contributed by atoms with Crippen LogP contribution in [-0.4, -0.2) is 374 Å². The van der Waals surface area contributed by atoms with Gasteiger partial charge in [0, 0.05) is 222 Å². The third kappa shape index (κ3) is 31.0. The number of aromatic nitrogens is 5. The van der Waals surface area contributed by atoms with Gasteiger partial charge < -0.3 is 78.7 Å². The second kappa shape index (κ2) is 54.4. The predicted molar refractivity (Wildman–Crippen MR) is 594 cm³/mol. The lowest BCUT2D eigenvalue weighted by Gasteiger charge is -2.36. The van der Waals surface area contributed by atoms with E-state index in [4.69, 9.17) is 16.3 Å². The molecule has 0 radical (unpaired) electrons. The van der Waals surface area contributed by atoms with Crippen molar-refractivity contribution in [3.8, 4) is 0 Å². The number of aromatic amines is 5. The van der Waals surface area contributed by atoms with Gasteiger partial charge in [-0.1, -0.05) is 105 Å². The molecule has 20 rings (SSSR count). The number of morpholine rings is 1. The number of anilines is 5. The number of likely N-dealkylation sites (tertiary alicyclic amines) is 3. The van der Waals surface area contributed by atoms with E-state index >= 15 is 0 Å². The average molecular weight is 2080 g/mol. The number of ether oxygens (including phenoxy) is 1. The van der Waals surface area contributed by atoms with E-state index in [0.29, 0.717) is 10.4 Å². The highest BCUT2D eigenvalue weighted by atomic mass is 79.9. The summed E-state index contributed by atoms with van der Waals surface area (Å²) in [5, 5.41) is 9.29. The van der Waals surface area contributed by atoms with Crippen molar-refractivity contribution in [1.29, 1.82) is 0 Å². The number of halogens is 3. The van der Waals surface area contributed by atoms with Crippen molar-refractivity contribution in [2.45, 2.75) is 136 Å². The van der Waals surface area contributed by atoms with Crippen molar-refractivity contribution in [2.75, 3.05) is 320 Å². The maximum Gasteiger partial charge on any atom is 0.257 e. The summed E-state index contributed by atoms with van der Waals surface area (Å²) in [5.74, 6) is 4.69. The summed E-state index contributed by atoms with van der Waals surface area (Å²) < 4.78 is 7.32. The van der Waals surface area contributed by atoms with E-state index < -0.39 is 0 Å². The molecule has 0 amide bonds. The van der Waals surface area contributed by atoms with Crippen molar-refractivity contribution in [3.05, 3.63) is 198 Å². The third-order valence-electron chi connectivity index (χ3n) is 31.2. The molecule has 10 saturated heterocycles. The second-order valence-corrected chi connectivity index (χ2v) is 43.3. The zero-order valence-electron chi connectivity index (χ0n) is 84.8. The van der Waals surface area contributed by atoms with Crippen molar-refractivity contribution in [1.82, 2.24) is 78.8 Å². The molecule has 5 aromatic heterocycles. The van der Waals surface area contributed by atoms with Crippen molar-refractivity contribution >= 4 is 126 Å². The van der Waals surface area contributed by atoms with Gasteiger partial charge in [0.15, 0.2) is 0 Å². The first-order chi connectivity index (χ1) is 68.9. The normalized spacial score (nSPS) is 19.5. The number of hydrogen-bond acceptors (Lipinski definition) is 22. The summed E-state index contributed by atoms with van der Waals surface area (Å²) in [5.41, 5.74) is 2.28. The van der Waals surface area contributed by atoms with E-state index in [2.05, 4.69) is 192 Å². The third-order valence-corrected chi connectivity index (χ3v) is 32.7. The Hall–Kier alpha value is -8.08. The van der Waals surface area contributed by atoms with Gasteiger partial charge in [-0.05, 0) is 334 Å². The number of hydrogen-bond donors (Lipinski definition) is 5. The molecule has 10 aliphatic heterocycles. The highest BCUT2D eigenvalue weighted by Gasteiger charge is 2.28. The number of rotatable bonds is 30. The standard InChI is InChI=1S/C23H35N5O.2C22H31BrN4O.C22H31ClN4O.C22H32N4O2/c1-19-6-5-7-20-21(19)18-22(24-23(20)29)28-16-14-27(15-17-28)9-4-3-8-26-12-10-25(2)11-13-26;23-20-8-6-7-18-19(20)17-21(24-22(18)28)27-15-13-26(14-16-27)12-5-4-11-25-9-2-1-3-10-25;23-19-7-6-18-16-21(24-22(28)20(18)17-19)27-14-12-26(13-15-27)11-5-4-10-25-8-2-1-3-9-25;23-20-8-6-7-18-19(20)17-21(24-22(18)28)27-15-13-26(14-16-27)12-5-4-11-25-9-2-1-3-10-25;1-18-5-4-6-19-20(18)17-21(23-22(19)27)26-11-9-24(10-12-26)7-2-3-8-25-13-15-28-16-14-25/h5-7,18H,3-4,8-17H2,1-2H3,(H,24,29);6-8,17H,1-5,9-16H2,(H,24,28);6-7,16-17H,1-5,8-15H2,(H,24,28);6-8,17H,1-5,9-16H2,(H,24,28);4-6,17H,2-3,7-16H2,1H3,(H,23,27). The number of fused-ring (bicyclic) bond motifs is 5. The lowest BCUT2D eigenvalue weighted by molar-refractivity contribution is 0.0368. The molecule has 15 heterocycles. The number of nitrogens with one attached hydrogen (secondary N) is 5. The van der Waals surface area contributed by atoms with Crippen LogP contribution in [-0.2, 0) is 4.74 Å². The lowest BCUT2D eigenvalue weighted by atomic mass is 10.1. The summed E-state index contributed by atoms with van der Waals surface area (Å²) in [6, 6.07) is 39.6. The Labute approximate surface area is 857 Å². The molecule has 0 atom stereocenters. The maximum absolute atomic E-state index is 12.5. The molecule has 10 aliphatic rings. The van der Waals surface area contributed by atoms with Gasteiger partial charge in [-0.25, -0.2) is 0 Å². The molecule has 0 spiro atoms. The summed E-state index contributed by atoms with van der Waals surface area (Å²) in [4.78, 5) is 117. The van der Waals surface area contributed by atoms with Crippen LogP contribution in [0, 0.1) is 13.8 Å². The van der Waals surface area contributed by atoms with Crippen molar-refractivity contribution in [2.24, 2.45) is 0 Å². The Morgan fingerprint density at radius 3 is 0.865 bits per heavy atom. The van der Waals surface area contributed by atoms with Crippen LogP contribution in [0.25, 0.3) is 53.9 Å². The summed E-state index contributed by atoms with van der Waals surface area (Å²) in [7, 11) is 2.21. The number of aryl methyl sites for hydroxylation is 2. The molecule has 0 saturated carbocycles. The van der Waals surface area contributed by atoms with Crippen LogP contribution in [0.5, 0.6) is 0 Å². The number of nitrogens with zero attached hydrogens (tertiary/aromatic N) is 16. The average Bonchev–Trinajstić information content (AvgIpc) is 0.786. The zero-order chi connectivity index (χ0) is 97.6. The van der Waals surface area contributed by atoms with E-state index in [1.165, 1.54) is 253 Å². The van der Waals surface area contributed by atoms with Crippen molar-refractivity contribution < 1.29 is 4.74 Å². The number of likely N-dealkylation sites (N-methyl/N-ethyl adjacent to an activating group) is 1. The predicted octanol–water partition coefficient (Wildman–Crippen LogP) is 15.0. The van der Waals surface area contributed by atoms with E-state index in [0.717, 1.165) is 255 Å². The molecule has 141 heavy (non-hydrogen) atoms. The fourth-order valence-corrected chi connectivity index (χ4v) is 23.3. The second-order valence-electron chi connectivity index (χ2n) is 41.1. The van der Waals surface area contributed by atoms with E-state index in [-0.39, 0.29) is 27.8 Å². The minimum absolute atomic E-state index is 0.00561. The first-order valence-corrected chi connectivity index (χ1v) is 55.8. The van der Waals surface area contributed by atoms with Gasteiger partial charge in [0.25, 0.3) is 27.8 Å². The SMILES string of the molecule is Cc1cccc2c(=O)[nH]c(N3CCN(CCCCN4CCN(C)CC4)CC3)cc12.Cc1cccc2c(=O)[nH]c(N3CCN(CCCCN4CCOCC4)CC3)cc12.O=c1[nH]c(N2CCN(CCCCN3CCCCC3)CC2)cc2c(Br)cccc12.O=c1[nH]c(N2CCN(CCCCN3CCCCC3)CC2)cc2c(Cl)cccc12.O=c1[nH]c(N2CCN(CCCCN3CCCCC3)CC2)cc2ccc(Br)cc12. The van der Waals surface area contributed by atoms with E-state index in [1.54, 1.807) is 0 Å². The fraction of sp³-hybridized carbons (Fsp3) is 0.595. The Kier molecular flexibility index (Phi) is 40.8. The van der Waals surface area contributed by atoms with Gasteiger partial charge in [-0.2, -0.15) is 0 Å². The molecule has 5 aromatic carbocycles. The molecule has 30 heteroatoms. The highest BCUT2D eigenvalue weighted by Crippen LogP contribution is 2.31. The van der Waals surface area contributed by atoms with Crippen LogP contribution in [0.2, 0.25) is 5.02 Å². The molecule has 0 bridgehead atoms. The van der Waals surface area contributed by atoms with Gasteiger partial charge in [-0.3, -0.25) is 53.4 Å². The van der Waals surface area contributed by atoms with E-state index in [1.807, 2.05) is 84.9 Å². The van der Waals surface area contributed by atoms with Crippen LogP contribution in [0.15, 0.2) is 154 Å². The van der Waals surface area contributed by atoms with Crippen LogP contribution >= 0.6 is 43.5 Å². The Morgan fingerprint density at radius 1 is 0.262 bits per heavy atom. The van der Waals surface area contributed by atoms with Gasteiger partial charge in [0.1, 0.15) is 29.1 Å². The summed E-state index contributed by atoms with van der Waals surface area (Å²) >= 11 is 13.3. The molecule has 766 valence electrons. The van der Waals surface area contributed by atoms with Crippen LogP contribution in [0.3, 0.4) is 0 Å².